The molecule has 0 aliphatic carbocycles. The van der Waals surface area contributed by atoms with E-state index >= 15 is 0 Å². The highest BCUT2D eigenvalue weighted by atomic mass is 19.1. The van der Waals surface area contributed by atoms with Crippen LogP contribution < -0.4 is 0 Å². The van der Waals surface area contributed by atoms with E-state index in [4.69, 9.17) is 10.2 Å². The molecule has 0 atom stereocenters. The highest BCUT2D eigenvalue weighted by molar-refractivity contribution is 4.48. The lowest BCUT2D eigenvalue weighted by atomic mass is 10.4. The van der Waals surface area contributed by atoms with Gasteiger partial charge in [-0.05, 0) is 6.92 Å². The minimum absolute atomic E-state index is 0.979. The van der Waals surface area contributed by atoms with Crippen LogP contribution in [0.4, 0.5) is 4.39 Å². The Morgan fingerprint density at radius 3 is 1.83 bits per heavy atom. The first kappa shape index (κ1) is 5.85. The Kier molecular flexibility index (Phi) is 1.49. The molecule has 0 spiro atoms. The minimum atomic E-state index is -2.12. The number of hydrogen-bond acceptors (Lipinski definition) is 2. The predicted molar refractivity (Wildman–Crippen MR) is 18.8 cm³/mol. The van der Waals surface area contributed by atoms with Crippen molar-refractivity contribution in [3.63, 3.8) is 0 Å². The topological polar surface area (TPSA) is 40.5 Å². The molecule has 0 aromatic heterocycles. The lowest BCUT2D eigenvalue weighted by Crippen LogP contribution is -2.24. The molecule has 38 valence electrons. The van der Waals surface area contributed by atoms with Crippen molar-refractivity contribution in [2.24, 2.45) is 0 Å². The Hall–Kier alpha value is -0.150. The molecule has 2 nitrogen and oxygen atoms in total. The fourth-order valence-corrected chi connectivity index (χ4v) is 0. The maximum Gasteiger partial charge on any atom is 0.188 e. The van der Waals surface area contributed by atoms with Crippen LogP contribution in [0.3, 0.4) is 0 Å². The number of hydrogen-bond donors (Lipinski definition) is 2. The lowest BCUT2D eigenvalue weighted by molar-refractivity contribution is -0.155. The van der Waals surface area contributed by atoms with E-state index in [0.29, 0.717) is 0 Å². The Bertz CT molecular complexity index is 38.5. The van der Waals surface area contributed by atoms with E-state index in [2.05, 4.69) is 0 Å². The molecule has 0 aromatic rings. The van der Waals surface area contributed by atoms with E-state index in [1.54, 1.807) is 0 Å². The molecule has 0 amide bonds. The van der Waals surface area contributed by atoms with Crippen molar-refractivity contribution < 1.29 is 14.6 Å². The summed E-state index contributed by atoms with van der Waals surface area (Å²) in [6.45, 7) is -0.139. The van der Waals surface area contributed by atoms with Gasteiger partial charge in [0, 0.05) is 0 Å². The number of halogens is 1. The SMILES string of the molecule is CC(O)(O)CF. The van der Waals surface area contributed by atoms with E-state index in [0.717, 1.165) is 6.92 Å². The van der Waals surface area contributed by atoms with Crippen LogP contribution in [0, 0.1) is 0 Å². The first-order valence-electron chi connectivity index (χ1n) is 1.57. The first-order valence-corrected chi connectivity index (χ1v) is 1.57. The van der Waals surface area contributed by atoms with Crippen LogP contribution in [0.1, 0.15) is 6.92 Å². The molecule has 0 fully saturated rings. The fraction of sp³-hybridized carbons (Fsp3) is 1.00. The summed E-state index contributed by atoms with van der Waals surface area (Å²) < 4.78 is 11.0. The third-order valence-electron chi connectivity index (χ3n) is 0.253. The largest absolute Gasteiger partial charge is 0.364 e. The number of alkyl halides is 1. The van der Waals surface area contributed by atoms with E-state index in [1.807, 2.05) is 0 Å². The number of rotatable bonds is 1. The molecule has 0 unspecified atom stereocenters. The van der Waals surface area contributed by atoms with Gasteiger partial charge in [0.2, 0.25) is 0 Å². The predicted octanol–water partition coefficient (Wildman–Crippen LogP) is -0.343. The molecule has 3 heteroatoms. The molecule has 0 saturated carbocycles. The summed E-state index contributed by atoms with van der Waals surface area (Å²) in [6, 6.07) is 0. The summed E-state index contributed by atoms with van der Waals surface area (Å²) in [5.41, 5.74) is 0. The second kappa shape index (κ2) is 1.53. The maximum atomic E-state index is 11.0. The summed E-state index contributed by atoms with van der Waals surface area (Å²) >= 11 is 0. The third-order valence-corrected chi connectivity index (χ3v) is 0.253. The molecule has 0 bridgehead atoms. The monoisotopic (exact) mass is 94.0 g/mol. The molecule has 0 heterocycles. The number of aliphatic hydroxyl groups is 2. The molecule has 0 rings (SSSR count). The van der Waals surface area contributed by atoms with Gasteiger partial charge in [0.15, 0.2) is 5.79 Å². The summed E-state index contributed by atoms with van der Waals surface area (Å²) in [5.74, 6) is -2.12. The van der Waals surface area contributed by atoms with Crippen molar-refractivity contribution in [2.45, 2.75) is 12.7 Å². The zero-order chi connectivity index (χ0) is 5.21. The second-order valence-electron chi connectivity index (χ2n) is 1.35. The first-order chi connectivity index (χ1) is 2.56. The molecule has 0 saturated heterocycles. The van der Waals surface area contributed by atoms with E-state index < -0.39 is 12.5 Å². The van der Waals surface area contributed by atoms with E-state index in [-0.39, 0.29) is 0 Å². The fourth-order valence-electron chi connectivity index (χ4n) is 0. The van der Waals surface area contributed by atoms with Gasteiger partial charge in [0.05, 0.1) is 0 Å². The van der Waals surface area contributed by atoms with Crippen LogP contribution in [-0.4, -0.2) is 22.7 Å². The molecule has 2 N–H and O–H groups in total. The Labute approximate surface area is 35.2 Å². The van der Waals surface area contributed by atoms with Gasteiger partial charge < -0.3 is 10.2 Å². The van der Waals surface area contributed by atoms with Crippen LogP contribution in [0.25, 0.3) is 0 Å². The summed E-state index contributed by atoms with van der Waals surface area (Å²) in [7, 11) is 0. The normalized spacial score (nSPS) is 12.0. The van der Waals surface area contributed by atoms with Crippen LogP contribution in [0.2, 0.25) is 0 Å². The van der Waals surface area contributed by atoms with Crippen molar-refractivity contribution in [3.8, 4) is 0 Å². The zero-order valence-corrected chi connectivity index (χ0v) is 3.48. The Balaban J connectivity index is 3.17. The average Bonchev–Trinajstić information content (AvgIpc) is 1.35. The van der Waals surface area contributed by atoms with Crippen LogP contribution >= 0.6 is 0 Å². The Morgan fingerprint density at radius 2 is 1.83 bits per heavy atom. The maximum absolute atomic E-state index is 11.0. The van der Waals surface area contributed by atoms with E-state index in [1.165, 1.54) is 0 Å². The van der Waals surface area contributed by atoms with Crippen molar-refractivity contribution in [1.82, 2.24) is 0 Å². The minimum Gasteiger partial charge on any atom is -0.364 e. The third kappa shape index (κ3) is 3.85. The highest BCUT2D eigenvalue weighted by Gasteiger charge is 2.12. The molecule has 0 aromatic carbocycles. The molecular formula is C3H7FO2. The van der Waals surface area contributed by atoms with Crippen LogP contribution in [0.15, 0.2) is 0 Å². The van der Waals surface area contributed by atoms with Gasteiger partial charge in [-0.3, -0.25) is 0 Å². The Morgan fingerprint density at radius 1 is 1.67 bits per heavy atom. The second-order valence-corrected chi connectivity index (χ2v) is 1.35. The molecule has 0 aliphatic heterocycles. The van der Waals surface area contributed by atoms with Gasteiger partial charge in [-0.15, -0.1) is 0 Å². The lowest BCUT2D eigenvalue weighted by Gasteiger charge is -2.07. The van der Waals surface area contributed by atoms with Crippen LogP contribution in [-0.2, 0) is 0 Å². The van der Waals surface area contributed by atoms with Crippen molar-refractivity contribution >= 4 is 0 Å². The molecule has 6 heavy (non-hydrogen) atoms. The van der Waals surface area contributed by atoms with Gasteiger partial charge in [0.25, 0.3) is 0 Å². The quantitative estimate of drug-likeness (QED) is 0.436. The van der Waals surface area contributed by atoms with Gasteiger partial charge in [-0.2, -0.15) is 0 Å². The van der Waals surface area contributed by atoms with Gasteiger partial charge in [-0.25, -0.2) is 4.39 Å². The summed E-state index contributed by atoms with van der Waals surface area (Å²) in [4.78, 5) is 0. The zero-order valence-electron chi connectivity index (χ0n) is 3.48. The molecule has 0 aliphatic rings. The van der Waals surface area contributed by atoms with Crippen molar-refractivity contribution in [3.05, 3.63) is 0 Å². The smallest absolute Gasteiger partial charge is 0.188 e. The molecule has 0 radical (unpaired) electrons. The van der Waals surface area contributed by atoms with Crippen molar-refractivity contribution in [1.29, 1.82) is 0 Å². The van der Waals surface area contributed by atoms with Crippen molar-refractivity contribution in [2.75, 3.05) is 6.67 Å². The van der Waals surface area contributed by atoms with Gasteiger partial charge >= 0.3 is 0 Å². The van der Waals surface area contributed by atoms with E-state index in [9.17, 15) is 4.39 Å². The summed E-state index contributed by atoms with van der Waals surface area (Å²) in [6.07, 6.45) is 0. The highest BCUT2D eigenvalue weighted by Crippen LogP contribution is 1.93. The molecular weight excluding hydrogens is 87.0 g/mol. The average molecular weight is 94.1 g/mol. The van der Waals surface area contributed by atoms with Gasteiger partial charge in [0.1, 0.15) is 6.67 Å². The standard InChI is InChI=1S/C3H7FO2/c1-3(5,6)2-4/h5-6H,2H2,1H3. The van der Waals surface area contributed by atoms with Crippen LogP contribution in [0.5, 0.6) is 0 Å². The summed E-state index contributed by atoms with van der Waals surface area (Å²) in [5, 5.41) is 16.0. The van der Waals surface area contributed by atoms with Gasteiger partial charge in [-0.1, -0.05) is 0 Å².